The van der Waals surface area contributed by atoms with E-state index >= 15 is 0 Å². The smallest absolute Gasteiger partial charge is 0.200 e. The molecule has 0 saturated carbocycles. The van der Waals surface area contributed by atoms with Gasteiger partial charge in [-0.1, -0.05) is 0 Å². The van der Waals surface area contributed by atoms with Gasteiger partial charge in [-0.15, -0.1) is 8.58 Å². The second-order valence-electron chi connectivity index (χ2n) is 8.25. The van der Waals surface area contributed by atoms with E-state index in [1.54, 1.807) is 0 Å². The van der Waals surface area contributed by atoms with E-state index < -0.39 is 105 Å². The summed E-state index contributed by atoms with van der Waals surface area (Å²) < 4.78 is 337. The van der Waals surface area contributed by atoms with Crippen molar-refractivity contribution in [1.29, 1.82) is 0 Å². The van der Waals surface area contributed by atoms with E-state index in [-0.39, 0.29) is 0 Å². The number of rotatable bonds is 14. The third kappa shape index (κ3) is 6.23. The van der Waals surface area contributed by atoms with E-state index in [9.17, 15) is 114 Å². The van der Waals surface area contributed by atoms with Gasteiger partial charge >= 0.3 is 71.6 Å². The molecule has 0 saturated heterocycles. The third-order valence-electron chi connectivity index (χ3n) is 5.23. The van der Waals surface area contributed by atoms with Crippen molar-refractivity contribution in [1.82, 2.24) is 0 Å². The molecule has 0 aromatic carbocycles. The largest absolute Gasteiger partial charge is 0.460 e. The van der Waals surface area contributed by atoms with E-state index in [2.05, 4.69) is 0 Å². The Labute approximate surface area is 220 Å². The molecule has 0 N–H and O–H groups in total. The van der Waals surface area contributed by atoms with Crippen molar-refractivity contribution in [3.63, 3.8) is 0 Å². The molecule has 0 aromatic rings. The maximum absolute atomic E-state index is 13.6. The Kier molecular flexibility index (Phi) is 10.8. The summed E-state index contributed by atoms with van der Waals surface area (Å²) in [5.41, 5.74) is 0. The van der Waals surface area contributed by atoms with Gasteiger partial charge in [0.15, 0.2) is 0 Å². The van der Waals surface area contributed by atoms with Gasteiger partial charge in [0.25, 0.3) is 0 Å². The van der Waals surface area contributed by atoms with Crippen molar-refractivity contribution in [2.45, 2.75) is 84.4 Å². The van der Waals surface area contributed by atoms with Gasteiger partial charge in [0, 0.05) is 12.8 Å². The molecule has 260 valence electrons. The fraction of sp³-hybridized carbons (Fsp3) is 1.00. The Morgan fingerprint density at radius 2 is 0.442 bits per heavy atom. The van der Waals surface area contributed by atoms with Crippen molar-refractivity contribution in [3.05, 3.63) is 0 Å². The average molecular weight is 726 g/mol. The lowest BCUT2D eigenvalue weighted by atomic mass is 9.93. The first kappa shape index (κ1) is 41.6. The Balaban J connectivity index is 5.82. The molecule has 0 heterocycles. The summed E-state index contributed by atoms with van der Waals surface area (Å²) >= 11 is 0. The monoisotopic (exact) mass is 726 g/mol. The third-order valence-corrected chi connectivity index (χ3v) is 6.44. The molecule has 0 aliphatic heterocycles. The molecule has 0 nitrogen and oxygen atoms in total. The maximum atomic E-state index is 13.6. The lowest BCUT2D eigenvalue weighted by Gasteiger charge is -2.40. The Hall–Kier alpha value is -1.39. The van der Waals surface area contributed by atoms with Gasteiger partial charge < -0.3 is 0 Å². The van der Waals surface area contributed by atoms with Crippen molar-refractivity contribution in [2.75, 3.05) is 12.3 Å². The van der Waals surface area contributed by atoms with Crippen LogP contribution in [0.4, 0.5) is 114 Å². The summed E-state index contributed by atoms with van der Waals surface area (Å²) in [6.45, 7) is 0. The van der Waals surface area contributed by atoms with E-state index in [1.165, 1.54) is 0 Å². The van der Waals surface area contributed by atoms with Crippen LogP contribution in [0.3, 0.4) is 0 Å². The molecule has 0 amide bonds. The highest BCUT2D eigenvalue weighted by Crippen LogP contribution is 2.62. The van der Waals surface area contributed by atoms with Gasteiger partial charge in [0.05, 0.1) is 0 Å². The van der Waals surface area contributed by atoms with Crippen molar-refractivity contribution in [3.8, 4) is 0 Å². The minimum Gasteiger partial charge on any atom is -0.200 e. The van der Waals surface area contributed by atoms with Crippen LogP contribution in [-0.2, 0) is 0 Å². The molecule has 0 spiro atoms. The zero-order chi connectivity index (χ0) is 35.5. The predicted molar refractivity (Wildman–Crippen MR) is 88.9 cm³/mol. The van der Waals surface area contributed by atoms with Gasteiger partial charge in [-0.3, -0.25) is 0 Å². The van der Waals surface area contributed by atoms with Crippen LogP contribution in [0.25, 0.3) is 0 Å². The van der Waals surface area contributed by atoms with Crippen LogP contribution < -0.4 is 0 Å². The highest BCUT2D eigenvalue weighted by molar-refractivity contribution is 7.37. The van der Waals surface area contributed by atoms with E-state index in [0.29, 0.717) is 0 Å². The van der Waals surface area contributed by atoms with Crippen LogP contribution in [0.5, 0.6) is 0 Å². The fourth-order valence-corrected chi connectivity index (χ4v) is 3.77. The summed E-state index contributed by atoms with van der Waals surface area (Å²) in [5, 5.41) is 0. The van der Waals surface area contributed by atoms with Crippen molar-refractivity contribution < 1.29 is 114 Å². The number of hydrogen-bond donors (Lipinski definition) is 0. The average Bonchev–Trinajstić information content (AvgIpc) is 2.75. The first-order valence-electron chi connectivity index (χ1n) is 9.83. The Morgan fingerprint density at radius 1 is 0.256 bits per heavy atom. The molecule has 43 heavy (non-hydrogen) atoms. The first-order valence-corrected chi connectivity index (χ1v) is 11.2. The highest BCUT2D eigenvalue weighted by atomic mass is 31.1. The molecule has 0 aromatic heterocycles. The molecule has 27 heteroatoms. The second kappa shape index (κ2) is 11.1. The van der Waals surface area contributed by atoms with Crippen LogP contribution >= 0.6 is 8.58 Å². The lowest BCUT2D eigenvalue weighted by molar-refractivity contribution is -0.439. The zero-order valence-corrected chi connectivity index (χ0v) is 20.2. The zero-order valence-electron chi connectivity index (χ0n) is 19.2. The molecule has 0 fully saturated rings. The van der Waals surface area contributed by atoms with Crippen molar-refractivity contribution >= 4 is 8.58 Å². The number of alkyl halides is 26. The fourth-order valence-electron chi connectivity index (χ4n) is 2.53. The maximum Gasteiger partial charge on any atom is 0.460 e. The highest BCUT2D eigenvalue weighted by Gasteiger charge is 2.92. The minimum absolute atomic E-state index is 2.06. The molecule has 0 unspecified atom stereocenters. The second-order valence-corrected chi connectivity index (χ2v) is 9.75. The van der Waals surface area contributed by atoms with E-state index in [4.69, 9.17) is 0 Å². The molecule has 0 bridgehead atoms. The summed E-state index contributed by atoms with van der Waals surface area (Å²) in [7, 11) is -2.11. The predicted octanol–water partition coefficient (Wildman–Crippen LogP) is 9.92. The SMILES string of the molecule is FC(F)(F)C(F)(F)C(F)(F)C(F)(F)C(F)(F)C(F)(F)CCPCCC(F)(F)C(F)(F)C(F)(F)C(F)(F)C(F)(F)C(F)(F)F. The van der Waals surface area contributed by atoms with E-state index in [0.717, 1.165) is 0 Å². The summed E-state index contributed by atoms with van der Waals surface area (Å²) in [4.78, 5) is 0. The summed E-state index contributed by atoms with van der Waals surface area (Å²) in [5.74, 6) is -78.4. The first-order chi connectivity index (χ1) is 18.2. The number of halogens is 26. The summed E-state index contributed by atoms with van der Waals surface area (Å²) in [6.07, 6.45) is -25.7. The molecular formula is C16H9F26P. The molecular weight excluding hydrogens is 717 g/mol. The Bertz CT molecular complexity index is 877. The van der Waals surface area contributed by atoms with Crippen LogP contribution in [0.2, 0.25) is 0 Å². The van der Waals surface area contributed by atoms with Crippen molar-refractivity contribution in [2.24, 2.45) is 0 Å². The minimum atomic E-state index is -8.29. The molecule has 0 rings (SSSR count). The van der Waals surface area contributed by atoms with Crippen LogP contribution in [0.1, 0.15) is 12.8 Å². The normalized spacial score (nSPS) is 16.6. The van der Waals surface area contributed by atoms with Gasteiger partial charge in [-0.25, -0.2) is 0 Å². The topological polar surface area (TPSA) is 0 Å². The van der Waals surface area contributed by atoms with Crippen LogP contribution in [0.15, 0.2) is 0 Å². The van der Waals surface area contributed by atoms with Gasteiger partial charge in [0.2, 0.25) is 0 Å². The molecule has 0 aliphatic carbocycles. The Morgan fingerprint density at radius 3 is 0.628 bits per heavy atom. The molecule has 0 atom stereocenters. The van der Waals surface area contributed by atoms with Gasteiger partial charge in [-0.2, -0.15) is 114 Å². The van der Waals surface area contributed by atoms with E-state index in [1.807, 2.05) is 0 Å². The quantitative estimate of drug-likeness (QED) is 0.0951. The summed E-state index contributed by atoms with van der Waals surface area (Å²) in [6, 6.07) is 0. The van der Waals surface area contributed by atoms with Gasteiger partial charge in [0.1, 0.15) is 0 Å². The molecule has 0 aliphatic rings. The lowest BCUT2D eigenvalue weighted by Crippen LogP contribution is -2.70. The van der Waals surface area contributed by atoms with Crippen LogP contribution in [0, 0.1) is 0 Å². The van der Waals surface area contributed by atoms with Crippen LogP contribution in [-0.4, -0.2) is 83.9 Å². The standard InChI is InChI=1S/C16H9F26P/c17-5(18,7(21,22)9(25,26)11(29,30)13(33,34)15(37,38)39)1-3-43-4-2-6(19,20)8(23,24)10(27,28)12(31,32)14(35,36)16(40,41)42/h43H,1-4H2. The number of hydrogen-bond acceptors (Lipinski definition) is 0. The van der Waals surface area contributed by atoms with Gasteiger partial charge in [-0.05, 0) is 12.3 Å². The molecule has 0 radical (unpaired) electrons.